The highest BCUT2D eigenvalue weighted by Crippen LogP contribution is 2.37. The third kappa shape index (κ3) is 8.53. The largest absolute Gasteiger partial charge is 0.417 e. The highest BCUT2D eigenvalue weighted by atomic mass is 35.5. The second-order valence-electron chi connectivity index (χ2n) is 8.47. The average Bonchev–Trinajstić information content (AvgIpc) is 3.31. The minimum Gasteiger partial charge on any atom is -0.352 e. The summed E-state index contributed by atoms with van der Waals surface area (Å²) in [6, 6.07) is 7.50. The van der Waals surface area contributed by atoms with Gasteiger partial charge < -0.3 is 15.5 Å². The van der Waals surface area contributed by atoms with Crippen LogP contribution in [0.2, 0.25) is 5.02 Å². The lowest BCUT2D eigenvalue weighted by Gasteiger charge is -2.24. The van der Waals surface area contributed by atoms with Crippen molar-refractivity contribution >= 4 is 51.5 Å². The second kappa shape index (κ2) is 12.5. The van der Waals surface area contributed by atoms with Crippen molar-refractivity contribution in [2.24, 2.45) is 0 Å². The van der Waals surface area contributed by atoms with E-state index in [1.807, 2.05) is 0 Å². The van der Waals surface area contributed by atoms with Gasteiger partial charge in [-0.1, -0.05) is 24.4 Å². The van der Waals surface area contributed by atoms with Crippen molar-refractivity contribution in [3.63, 3.8) is 0 Å². The lowest BCUT2D eigenvalue weighted by molar-refractivity contribution is -0.137. The number of benzene rings is 2. The maximum absolute atomic E-state index is 13.4. The van der Waals surface area contributed by atoms with Crippen LogP contribution in [0.3, 0.4) is 0 Å². The Morgan fingerprint density at radius 1 is 1.00 bits per heavy atom. The molecule has 1 saturated carbocycles. The van der Waals surface area contributed by atoms with E-state index >= 15 is 0 Å². The van der Waals surface area contributed by atoms with E-state index in [4.69, 9.17) is 11.6 Å². The Hall–Kier alpha value is -2.99. The zero-order chi connectivity index (χ0) is 27.2. The monoisotopic (exact) mass is 561 g/mol. The summed E-state index contributed by atoms with van der Waals surface area (Å²) in [6.45, 7) is -0.604. The summed E-state index contributed by atoms with van der Waals surface area (Å²) in [5.74, 6) is -4.04. The van der Waals surface area contributed by atoms with Gasteiger partial charge >= 0.3 is 6.18 Å². The van der Waals surface area contributed by atoms with Gasteiger partial charge in [-0.15, -0.1) is 0 Å². The van der Waals surface area contributed by atoms with Gasteiger partial charge in [0.15, 0.2) is 0 Å². The van der Waals surface area contributed by atoms with E-state index in [-0.39, 0.29) is 17.4 Å². The minimum absolute atomic E-state index is 0.0929. The normalized spacial score (nSPS) is 14.7. The van der Waals surface area contributed by atoms with Crippen LogP contribution in [0.25, 0.3) is 0 Å². The summed E-state index contributed by atoms with van der Waals surface area (Å²) in [5.41, 5.74) is -1.20. The summed E-state index contributed by atoms with van der Waals surface area (Å²) in [6.07, 6.45) is -1.44. The summed E-state index contributed by atoms with van der Waals surface area (Å²) in [4.78, 5) is 38.6. The molecule has 3 rings (SSSR count). The van der Waals surface area contributed by atoms with Gasteiger partial charge in [-0.05, 0) is 55.3 Å². The van der Waals surface area contributed by atoms with Gasteiger partial charge in [0, 0.05) is 28.2 Å². The molecule has 2 aromatic rings. The Labute approximate surface area is 218 Å². The third-order valence-corrected chi connectivity index (χ3v) is 7.08. The Morgan fingerprint density at radius 2 is 1.65 bits per heavy atom. The Bertz CT molecular complexity index is 1170. The van der Waals surface area contributed by atoms with Crippen molar-refractivity contribution in [1.82, 2.24) is 5.32 Å². The van der Waals surface area contributed by atoms with Crippen LogP contribution in [0.1, 0.15) is 31.2 Å². The van der Waals surface area contributed by atoms with E-state index in [1.54, 1.807) is 0 Å². The number of nitrogens with one attached hydrogen (secondary N) is 2. The summed E-state index contributed by atoms with van der Waals surface area (Å²) < 4.78 is 65.7. The molecule has 7 nitrogen and oxygen atoms in total. The molecular formula is C24H24ClF4N3O4S. The zero-order valence-electron chi connectivity index (χ0n) is 19.4. The molecule has 0 unspecified atom stereocenters. The zero-order valence-corrected chi connectivity index (χ0v) is 21.0. The van der Waals surface area contributed by atoms with Crippen molar-refractivity contribution in [1.29, 1.82) is 0 Å². The van der Waals surface area contributed by atoms with Crippen molar-refractivity contribution in [2.75, 3.05) is 28.3 Å². The Kier molecular flexibility index (Phi) is 9.66. The molecule has 0 radical (unpaired) electrons. The third-order valence-electron chi connectivity index (χ3n) is 5.59. The van der Waals surface area contributed by atoms with Crippen LogP contribution < -0.4 is 15.5 Å². The molecule has 0 saturated heterocycles. The number of anilines is 2. The number of halogens is 5. The van der Waals surface area contributed by atoms with Gasteiger partial charge in [0.25, 0.3) is 0 Å². The summed E-state index contributed by atoms with van der Waals surface area (Å²) in [7, 11) is -2.06. The molecule has 2 aromatic carbocycles. The van der Waals surface area contributed by atoms with E-state index < -0.39 is 69.2 Å². The highest BCUT2D eigenvalue weighted by Gasteiger charge is 2.34. The number of carbonyl (C=O) groups is 3. The first-order valence-electron chi connectivity index (χ1n) is 11.3. The van der Waals surface area contributed by atoms with Crippen LogP contribution in [0.15, 0.2) is 42.5 Å². The minimum atomic E-state index is -4.81. The lowest BCUT2D eigenvalue weighted by atomic mass is 10.1. The fourth-order valence-corrected chi connectivity index (χ4v) is 4.97. The van der Waals surface area contributed by atoms with E-state index in [0.29, 0.717) is 6.07 Å². The summed E-state index contributed by atoms with van der Waals surface area (Å²) in [5, 5.41) is 4.59. The van der Waals surface area contributed by atoms with Gasteiger partial charge in [0.1, 0.15) is 23.9 Å². The predicted molar refractivity (Wildman–Crippen MR) is 132 cm³/mol. The van der Waals surface area contributed by atoms with Crippen molar-refractivity contribution < 1.29 is 36.2 Å². The first kappa shape index (κ1) is 28.6. The number of nitrogens with zero attached hydrogens (tertiary/aromatic N) is 1. The van der Waals surface area contributed by atoms with E-state index in [0.717, 1.165) is 54.8 Å². The first-order valence-corrected chi connectivity index (χ1v) is 13.2. The molecule has 1 fully saturated rings. The maximum Gasteiger partial charge on any atom is 0.417 e. The number of hydrogen-bond acceptors (Lipinski definition) is 4. The fraction of sp³-hybridized carbons (Fsp3) is 0.375. The van der Waals surface area contributed by atoms with Crippen molar-refractivity contribution in [3.8, 4) is 0 Å². The number of hydrogen-bond donors (Lipinski definition) is 2. The number of rotatable bonds is 9. The molecule has 0 bridgehead atoms. The molecule has 37 heavy (non-hydrogen) atoms. The SMILES string of the molecule is O=C(C[S@@](=O)CC(=O)N(CC(=O)NC1CCCC1)c1ccc(Cl)c(C(F)(F)F)c1)Nc1ccc(F)cc1. The molecule has 2 N–H and O–H groups in total. The van der Waals surface area contributed by atoms with E-state index in [1.165, 1.54) is 12.1 Å². The van der Waals surface area contributed by atoms with Crippen LogP contribution in [0, 0.1) is 5.82 Å². The van der Waals surface area contributed by atoms with Gasteiger partial charge in [-0.25, -0.2) is 4.39 Å². The number of carbonyl (C=O) groups excluding carboxylic acids is 3. The van der Waals surface area contributed by atoms with Gasteiger partial charge in [-0.2, -0.15) is 13.2 Å². The Morgan fingerprint density at radius 3 is 2.27 bits per heavy atom. The molecule has 0 spiro atoms. The van der Waals surface area contributed by atoms with Gasteiger partial charge in [-0.3, -0.25) is 18.6 Å². The predicted octanol–water partition coefficient (Wildman–Crippen LogP) is 4.28. The highest BCUT2D eigenvalue weighted by molar-refractivity contribution is 7.86. The fourth-order valence-electron chi connectivity index (χ4n) is 3.85. The van der Waals surface area contributed by atoms with Crippen molar-refractivity contribution in [3.05, 3.63) is 58.9 Å². The van der Waals surface area contributed by atoms with Gasteiger partial charge in [0.2, 0.25) is 17.7 Å². The topological polar surface area (TPSA) is 95.6 Å². The second-order valence-corrected chi connectivity index (χ2v) is 10.3. The molecule has 1 aliphatic rings. The molecule has 0 heterocycles. The molecular weight excluding hydrogens is 538 g/mol. The molecule has 200 valence electrons. The van der Waals surface area contributed by atoms with E-state index in [9.17, 15) is 36.2 Å². The smallest absolute Gasteiger partial charge is 0.352 e. The molecule has 13 heteroatoms. The van der Waals surface area contributed by atoms with Crippen LogP contribution in [-0.4, -0.2) is 46.0 Å². The summed E-state index contributed by atoms with van der Waals surface area (Å²) >= 11 is 5.68. The maximum atomic E-state index is 13.4. The number of alkyl halides is 3. The lowest BCUT2D eigenvalue weighted by Crippen LogP contribution is -2.45. The van der Waals surface area contributed by atoms with Crippen LogP contribution in [0.4, 0.5) is 28.9 Å². The van der Waals surface area contributed by atoms with Gasteiger partial charge in [0.05, 0.1) is 10.6 Å². The molecule has 1 atom stereocenters. The first-order chi connectivity index (χ1) is 17.4. The Balaban J connectivity index is 1.73. The molecule has 0 aliphatic heterocycles. The van der Waals surface area contributed by atoms with Crippen molar-refractivity contribution in [2.45, 2.75) is 37.9 Å². The standard InChI is InChI=1S/C24H24ClF4N3O4S/c25-20-10-9-18(11-19(20)24(27,28)29)32(12-21(33)30-16-3-1-2-4-16)23(35)14-37(36)13-22(34)31-17-7-5-15(26)6-8-17/h5-11,16H,1-4,12-14H2,(H,30,33)(H,31,34)/t37-/m1/s1. The molecule has 3 amide bonds. The van der Waals surface area contributed by atoms with E-state index in [2.05, 4.69) is 10.6 Å². The molecule has 0 aromatic heterocycles. The number of amides is 3. The van der Waals surface area contributed by atoms with Crippen LogP contribution in [-0.2, 0) is 31.4 Å². The van der Waals surface area contributed by atoms with Crippen LogP contribution in [0.5, 0.6) is 0 Å². The van der Waals surface area contributed by atoms with Crippen LogP contribution >= 0.6 is 11.6 Å². The molecule has 1 aliphatic carbocycles. The quantitative estimate of drug-likeness (QED) is 0.447. The average molecular weight is 562 g/mol.